The van der Waals surface area contributed by atoms with Crippen molar-refractivity contribution < 1.29 is 13.9 Å². The van der Waals surface area contributed by atoms with Gasteiger partial charge in [-0.05, 0) is 36.4 Å². The molecule has 0 aromatic heterocycles. The Morgan fingerprint density at radius 1 is 0.947 bits per heavy atom. The van der Waals surface area contributed by atoms with Crippen LogP contribution in [-0.4, -0.2) is 4.89 Å². The van der Waals surface area contributed by atoms with Crippen LogP contribution < -0.4 is 9.05 Å². The number of nitrogens with zero attached hydrogens (tertiary/aromatic N) is 1. The Labute approximate surface area is 116 Å². The molecule has 2 aromatic carbocycles. The van der Waals surface area contributed by atoms with Crippen LogP contribution in [0.5, 0.6) is 11.5 Å². The van der Waals surface area contributed by atoms with Gasteiger partial charge >= 0.3 is 6.72 Å². The van der Waals surface area contributed by atoms with Crippen molar-refractivity contribution in [3.05, 3.63) is 60.2 Å². The van der Waals surface area contributed by atoms with E-state index < -0.39 is 6.72 Å². The first-order chi connectivity index (χ1) is 9.09. The van der Waals surface area contributed by atoms with Gasteiger partial charge in [-0.3, -0.25) is 0 Å². The van der Waals surface area contributed by atoms with Crippen molar-refractivity contribution in [2.24, 2.45) is 0 Å². The van der Waals surface area contributed by atoms with Crippen LogP contribution >= 0.6 is 6.72 Å². The Bertz CT molecular complexity index is 637. The second kappa shape index (κ2) is 5.85. The molecule has 1 atom stereocenters. The third kappa shape index (κ3) is 4.08. The smallest absolute Gasteiger partial charge is 0.416 e. The zero-order chi connectivity index (χ0) is 13.7. The maximum atomic E-state index is 9.96. The first kappa shape index (κ1) is 13.6. The molecule has 4 nitrogen and oxygen atoms in total. The van der Waals surface area contributed by atoms with Gasteiger partial charge in [0.15, 0.2) is 0 Å². The summed E-state index contributed by atoms with van der Waals surface area (Å²) in [6, 6.07) is 17.0. The minimum Gasteiger partial charge on any atom is -0.416 e. The second-order valence-corrected chi connectivity index (χ2v) is 6.29. The summed E-state index contributed by atoms with van der Waals surface area (Å²) in [4.78, 5) is 9.96. The van der Waals surface area contributed by atoms with E-state index in [1.807, 2.05) is 12.1 Å². The molecule has 0 fully saturated rings. The van der Waals surface area contributed by atoms with E-state index in [0.717, 1.165) is 0 Å². The van der Waals surface area contributed by atoms with E-state index in [4.69, 9.17) is 26.1 Å². The second-order valence-electron chi connectivity index (χ2n) is 3.60. The van der Waals surface area contributed by atoms with E-state index in [1.54, 1.807) is 48.5 Å². The zero-order valence-electron chi connectivity index (χ0n) is 9.76. The summed E-state index contributed by atoms with van der Waals surface area (Å²) >= 11 is 4.93. The van der Waals surface area contributed by atoms with Crippen LogP contribution in [0.4, 0.5) is 0 Å². The van der Waals surface area contributed by atoms with Crippen molar-refractivity contribution in [2.45, 2.75) is 0 Å². The van der Waals surface area contributed by atoms with Gasteiger partial charge < -0.3 is 13.9 Å². The van der Waals surface area contributed by atoms with Crippen molar-refractivity contribution in [1.82, 2.24) is 0 Å². The van der Waals surface area contributed by atoms with Crippen LogP contribution in [0.25, 0.3) is 0 Å². The monoisotopic (exact) mass is 291 g/mol. The molecular weight excluding hydrogens is 281 g/mol. The SMILES string of the molecule is N#Cc1ccc(OP(O)(=S)Oc2ccccc2)cc1. The van der Waals surface area contributed by atoms with Crippen LogP contribution in [0, 0.1) is 11.3 Å². The molecule has 96 valence electrons. The predicted molar refractivity (Wildman–Crippen MR) is 75.4 cm³/mol. The van der Waals surface area contributed by atoms with E-state index in [2.05, 4.69) is 0 Å². The lowest BCUT2D eigenvalue weighted by atomic mass is 10.2. The first-order valence-electron chi connectivity index (χ1n) is 5.36. The fourth-order valence-electron chi connectivity index (χ4n) is 1.36. The molecule has 0 saturated carbocycles. The van der Waals surface area contributed by atoms with Crippen LogP contribution in [0.1, 0.15) is 5.56 Å². The lowest BCUT2D eigenvalue weighted by Gasteiger charge is -2.17. The topological polar surface area (TPSA) is 62.5 Å². The third-order valence-electron chi connectivity index (χ3n) is 2.17. The number of benzene rings is 2. The molecule has 0 radical (unpaired) electrons. The summed E-state index contributed by atoms with van der Waals surface area (Å²) in [6.07, 6.45) is 0. The highest BCUT2D eigenvalue weighted by molar-refractivity contribution is 8.07. The Balaban J connectivity index is 2.08. The summed E-state index contributed by atoms with van der Waals surface area (Å²) in [5, 5.41) is 8.68. The van der Waals surface area contributed by atoms with E-state index in [0.29, 0.717) is 17.1 Å². The van der Waals surface area contributed by atoms with Gasteiger partial charge in [-0.1, -0.05) is 18.2 Å². The molecule has 0 aliphatic rings. The highest BCUT2D eigenvalue weighted by atomic mass is 32.5. The number of para-hydroxylation sites is 1. The highest BCUT2D eigenvalue weighted by Gasteiger charge is 2.18. The van der Waals surface area contributed by atoms with Crippen LogP contribution in [0.15, 0.2) is 54.6 Å². The summed E-state index contributed by atoms with van der Waals surface area (Å²) in [5.41, 5.74) is 0.502. The van der Waals surface area contributed by atoms with Crippen LogP contribution in [0.3, 0.4) is 0 Å². The molecule has 0 aliphatic heterocycles. The molecule has 1 unspecified atom stereocenters. The maximum Gasteiger partial charge on any atom is 0.432 e. The molecule has 0 amide bonds. The van der Waals surface area contributed by atoms with Gasteiger partial charge in [0.25, 0.3) is 0 Å². The number of hydrogen-bond donors (Lipinski definition) is 1. The van der Waals surface area contributed by atoms with E-state index in [-0.39, 0.29) is 0 Å². The molecule has 0 heterocycles. The first-order valence-corrected chi connectivity index (χ1v) is 7.95. The Hall–Kier alpha value is -1.86. The normalized spacial score (nSPS) is 13.1. The highest BCUT2D eigenvalue weighted by Crippen LogP contribution is 2.44. The van der Waals surface area contributed by atoms with E-state index in [1.165, 1.54) is 0 Å². The molecule has 19 heavy (non-hydrogen) atoms. The van der Waals surface area contributed by atoms with Gasteiger partial charge in [-0.25, -0.2) is 0 Å². The zero-order valence-corrected chi connectivity index (χ0v) is 11.5. The van der Waals surface area contributed by atoms with Crippen molar-refractivity contribution in [3.63, 3.8) is 0 Å². The standard InChI is InChI=1S/C13H10NO3PS/c14-10-11-6-8-13(9-7-11)17-18(15,19)16-12-4-2-1-3-5-12/h1-9H,(H,15,19). The molecule has 6 heteroatoms. The third-order valence-corrected chi connectivity index (χ3v) is 3.50. The van der Waals surface area contributed by atoms with Gasteiger partial charge in [0.1, 0.15) is 11.5 Å². The average molecular weight is 291 g/mol. The van der Waals surface area contributed by atoms with Crippen LogP contribution in [-0.2, 0) is 11.8 Å². The molecular formula is C13H10NO3PS. The fourth-order valence-corrected chi connectivity index (χ4v) is 2.69. The molecule has 0 saturated heterocycles. The van der Waals surface area contributed by atoms with Gasteiger partial charge in [0.2, 0.25) is 0 Å². The van der Waals surface area contributed by atoms with Crippen molar-refractivity contribution in [2.75, 3.05) is 0 Å². The van der Waals surface area contributed by atoms with E-state index >= 15 is 0 Å². The number of hydrogen-bond acceptors (Lipinski definition) is 4. The number of nitriles is 1. The van der Waals surface area contributed by atoms with Gasteiger partial charge in [0.05, 0.1) is 11.6 Å². The predicted octanol–water partition coefficient (Wildman–Crippen LogP) is 3.23. The summed E-state index contributed by atoms with van der Waals surface area (Å²) < 4.78 is 10.5. The van der Waals surface area contributed by atoms with Crippen molar-refractivity contribution in [1.29, 1.82) is 5.26 Å². The molecule has 2 aromatic rings. The molecule has 0 spiro atoms. The number of rotatable bonds is 4. The molecule has 0 bridgehead atoms. The minimum atomic E-state index is -3.41. The van der Waals surface area contributed by atoms with E-state index in [9.17, 15) is 4.89 Å². The Morgan fingerprint density at radius 2 is 1.47 bits per heavy atom. The Morgan fingerprint density at radius 3 is 2.00 bits per heavy atom. The fraction of sp³-hybridized carbons (Fsp3) is 0. The largest absolute Gasteiger partial charge is 0.432 e. The van der Waals surface area contributed by atoms with Gasteiger partial charge in [0, 0.05) is 11.8 Å². The lowest BCUT2D eigenvalue weighted by molar-refractivity contribution is 0.377. The summed E-state index contributed by atoms with van der Waals surface area (Å²) in [6.45, 7) is -3.41. The minimum absolute atomic E-state index is 0.362. The lowest BCUT2D eigenvalue weighted by Crippen LogP contribution is -1.99. The van der Waals surface area contributed by atoms with Crippen molar-refractivity contribution >= 4 is 18.5 Å². The Kier molecular flexibility index (Phi) is 4.18. The summed E-state index contributed by atoms with van der Waals surface area (Å²) in [7, 11) is 0. The summed E-state index contributed by atoms with van der Waals surface area (Å²) in [5.74, 6) is 0.808. The quantitative estimate of drug-likeness (QED) is 0.876. The maximum absolute atomic E-state index is 9.96. The van der Waals surface area contributed by atoms with Crippen LogP contribution in [0.2, 0.25) is 0 Å². The molecule has 0 aliphatic carbocycles. The van der Waals surface area contributed by atoms with Crippen molar-refractivity contribution in [3.8, 4) is 17.6 Å². The molecule has 1 N–H and O–H groups in total. The molecule has 2 rings (SSSR count). The van der Waals surface area contributed by atoms with Gasteiger partial charge in [-0.2, -0.15) is 5.26 Å². The average Bonchev–Trinajstić information content (AvgIpc) is 2.39. The van der Waals surface area contributed by atoms with Gasteiger partial charge in [-0.15, -0.1) is 0 Å².